The van der Waals surface area contributed by atoms with Crippen LogP contribution in [-0.2, 0) is 4.79 Å². The van der Waals surface area contributed by atoms with Gasteiger partial charge in [0.25, 0.3) is 0 Å². The summed E-state index contributed by atoms with van der Waals surface area (Å²) in [5, 5.41) is 0. The van der Waals surface area contributed by atoms with Gasteiger partial charge in [0.05, 0.1) is 0 Å². The van der Waals surface area contributed by atoms with Crippen molar-refractivity contribution in [1.29, 1.82) is 0 Å². The molecule has 2 saturated heterocycles. The lowest BCUT2D eigenvalue weighted by Gasteiger charge is -2.48. The minimum atomic E-state index is 0.0753. The van der Waals surface area contributed by atoms with Crippen LogP contribution >= 0.6 is 0 Å². The Kier molecular flexibility index (Phi) is 3.84. The van der Waals surface area contributed by atoms with E-state index < -0.39 is 0 Å². The number of hydrogen-bond donors (Lipinski definition) is 0. The molecule has 0 radical (unpaired) electrons. The van der Waals surface area contributed by atoms with E-state index in [-0.39, 0.29) is 5.91 Å². The second-order valence-electron chi connectivity index (χ2n) is 5.27. The van der Waals surface area contributed by atoms with Gasteiger partial charge in [-0.05, 0) is 19.9 Å². The van der Waals surface area contributed by atoms with Crippen LogP contribution in [-0.4, -0.2) is 72.0 Å². The summed E-state index contributed by atoms with van der Waals surface area (Å²) in [7, 11) is 0. The lowest BCUT2D eigenvalue weighted by molar-refractivity contribution is -0.130. The largest absolute Gasteiger partial charge is 0.336 e. The lowest BCUT2D eigenvalue weighted by atomic mass is 10.1. The highest BCUT2D eigenvalue weighted by Crippen LogP contribution is 2.17. The molecule has 17 heavy (non-hydrogen) atoms. The summed E-state index contributed by atoms with van der Waals surface area (Å²) in [5.41, 5.74) is 0. The van der Waals surface area contributed by atoms with Gasteiger partial charge in [-0.15, -0.1) is 0 Å². The zero-order valence-corrected chi connectivity index (χ0v) is 10.9. The standard InChI is InChI=1S/C13H23N3O/c1-4-13(17)16-8-6-14-5-7-15(11(2)3)9-12(14)10-16/h4,11-12H,1,5-10H2,2-3H3. The van der Waals surface area contributed by atoms with Gasteiger partial charge in [-0.25, -0.2) is 0 Å². The zero-order valence-electron chi connectivity index (χ0n) is 10.9. The van der Waals surface area contributed by atoms with E-state index in [2.05, 4.69) is 30.2 Å². The summed E-state index contributed by atoms with van der Waals surface area (Å²) in [6.45, 7) is 14.1. The molecular weight excluding hydrogens is 214 g/mol. The van der Waals surface area contributed by atoms with E-state index in [4.69, 9.17) is 0 Å². The first kappa shape index (κ1) is 12.6. The summed E-state index contributed by atoms with van der Waals surface area (Å²) in [6.07, 6.45) is 1.43. The van der Waals surface area contributed by atoms with E-state index in [0.29, 0.717) is 12.1 Å². The summed E-state index contributed by atoms with van der Waals surface area (Å²) in [5.74, 6) is 0.0753. The number of hydrogen-bond acceptors (Lipinski definition) is 3. The average molecular weight is 237 g/mol. The van der Waals surface area contributed by atoms with Gasteiger partial charge in [0.1, 0.15) is 0 Å². The van der Waals surface area contributed by atoms with Crippen molar-refractivity contribution in [2.75, 3.05) is 39.3 Å². The third-order valence-electron chi connectivity index (χ3n) is 3.94. The van der Waals surface area contributed by atoms with Gasteiger partial charge in [0.2, 0.25) is 5.91 Å². The summed E-state index contributed by atoms with van der Waals surface area (Å²) >= 11 is 0. The average Bonchev–Trinajstić information content (AvgIpc) is 2.36. The van der Waals surface area contributed by atoms with E-state index in [1.165, 1.54) is 6.08 Å². The fourth-order valence-electron chi connectivity index (χ4n) is 2.78. The smallest absolute Gasteiger partial charge is 0.246 e. The monoisotopic (exact) mass is 237 g/mol. The van der Waals surface area contributed by atoms with Crippen LogP contribution in [0.5, 0.6) is 0 Å². The van der Waals surface area contributed by atoms with Crippen LogP contribution in [0.2, 0.25) is 0 Å². The van der Waals surface area contributed by atoms with Crippen molar-refractivity contribution >= 4 is 5.91 Å². The van der Waals surface area contributed by atoms with Gasteiger partial charge < -0.3 is 4.90 Å². The molecule has 0 saturated carbocycles. The number of carbonyl (C=O) groups is 1. The van der Waals surface area contributed by atoms with Crippen LogP contribution in [0.1, 0.15) is 13.8 Å². The molecule has 0 aromatic rings. The molecule has 2 aliphatic heterocycles. The van der Waals surface area contributed by atoms with Gasteiger partial charge in [-0.3, -0.25) is 14.6 Å². The Morgan fingerprint density at radius 1 is 1.24 bits per heavy atom. The third kappa shape index (κ3) is 2.69. The van der Waals surface area contributed by atoms with Gasteiger partial charge in [0.15, 0.2) is 0 Å². The second-order valence-corrected chi connectivity index (χ2v) is 5.27. The van der Waals surface area contributed by atoms with Crippen molar-refractivity contribution in [1.82, 2.24) is 14.7 Å². The molecule has 96 valence electrons. The van der Waals surface area contributed by atoms with Gasteiger partial charge in [-0.2, -0.15) is 0 Å². The summed E-state index contributed by atoms with van der Waals surface area (Å²) in [4.78, 5) is 18.6. The zero-order chi connectivity index (χ0) is 12.4. The Morgan fingerprint density at radius 2 is 1.94 bits per heavy atom. The van der Waals surface area contributed by atoms with E-state index in [0.717, 1.165) is 39.3 Å². The normalized spacial score (nSPS) is 27.0. The van der Waals surface area contributed by atoms with Crippen molar-refractivity contribution in [3.63, 3.8) is 0 Å². The van der Waals surface area contributed by atoms with E-state index in [1.807, 2.05) is 4.90 Å². The number of amides is 1. The van der Waals surface area contributed by atoms with Gasteiger partial charge >= 0.3 is 0 Å². The maximum absolute atomic E-state index is 11.6. The van der Waals surface area contributed by atoms with Crippen LogP contribution in [0.4, 0.5) is 0 Å². The third-order valence-corrected chi connectivity index (χ3v) is 3.94. The highest BCUT2D eigenvalue weighted by Gasteiger charge is 2.33. The Bertz CT molecular complexity index is 303. The molecule has 2 rings (SSSR count). The van der Waals surface area contributed by atoms with Crippen molar-refractivity contribution in [3.8, 4) is 0 Å². The lowest BCUT2D eigenvalue weighted by Crippen LogP contribution is -2.63. The summed E-state index contributed by atoms with van der Waals surface area (Å²) in [6, 6.07) is 1.10. The Hall–Kier alpha value is -0.870. The van der Waals surface area contributed by atoms with E-state index in [1.54, 1.807) is 0 Å². The highest BCUT2D eigenvalue weighted by molar-refractivity contribution is 5.87. The van der Waals surface area contributed by atoms with Crippen LogP contribution in [0, 0.1) is 0 Å². The summed E-state index contributed by atoms with van der Waals surface area (Å²) < 4.78 is 0. The Balaban J connectivity index is 1.96. The molecule has 1 atom stereocenters. The maximum atomic E-state index is 11.6. The first-order valence-corrected chi connectivity index (χ1v) is 6.51. The van der Waals surface area contributed by atoms with Crippen molar-refractivity contribution in [3.05, 3.63) is 12.7 Å². The molecule has 0 aromatic carbocycles. The minimum absolute atomic E-state index is 0.0753. The van der Waals surface area contributed by atoms with Crippen molar-refractivity contribution < 1.29 is 4.79 Å². The minimum Gasteiger partial charge on any atom is -0.336 e. The van der Waals surface area contributed by atoms with Crippen molar-refractivity contribution in [2.45, 2.75) is 25.9 Å². The topological polar surface area (TPSA) is 26.8 Å². The van der Waals surface area contributed by atoms with E-state index in [9.17, 15) is 4.79 Å². The van der Waals surface area contributed by atoms with Gasteiger partial charge in [0, 0.05) is 51.4 Å². The maximum Gasteiger partial charge on any atom is 0.246 e. The molecule has 1 unspecified atom stereocenters. The molecule has 2 fully saturated rings. The van der Waals surface area contributed by atoms with E-state index >= 15 is 0 Å². The van der Waals surface area contributed by atoms with Gasteiger partial charge in [-0.1, -0.05) is 6.58 Å². The predicted molar refractivity (Wildman–Crippen MR) is 68.8 cm³/mol. The van der Waals surface area contributed by atoms with Crippen molar-refractivity contribution in [2.24, 2.45) is 0 Å². The number of nitrogens with zero attached hydrogens (tertiary/aromatic N) is 3. The number of carbonyl (C=O) groups excluding carboxylic acids is 1. The molecule has 0 N–H and O–H groups in total. The Morgan fingerprint density at radius 3 is 2.59 bits per heavy atom. The molecule has 4 heteroatoms. The molecule has 0 spiro atoms. The number of rotatable bonds is 2. The quantitative estimate of drug-likeness (QED) is 0.651. The molecule has 0 aromatic heterocycles. The van der Waals surface area contributed by atoms with Crippen LogP contribution in [0.3, 0.4) is 0 Å². The molecular formula is C13H23N3O. The first-order valence-electron chi connectivity index (χ1n) is 6.51. The van der Waals surface area contributed by atoms with Crippen LogP contribution < -0.4 is 0 Å². The Labute approximate surface area is 104 Å². The molecule has 0 aliphatic carbocycles. The van der Waals surface area contributed by atoms with Crippen LogP contribution in [0.25, 0.3) is 0 Å². The fraction of sp³-hybridized carbons (Fsp3) is 0.769. The molecule has 1 amide bonds. The highest BCUT2D eigenvalue weighted by atomic mass is 16.2. The number of piperazine rings is 2. The molecule has 2 aliphatic rings. The fourth-order valence-corrected chi connectivity index (χ4v) is 2.78. The SMILES string of the molecule is C=CC(=O)N1CCN2CCN(C(C)C)CC2C1. The second kappa shape index (κ2) is 5.19. The first-order chi connectivity index (χ1) is 8.11. The van der Waals surface area contributed by atoms with Crippen LogP contribution in [0.15, 0.2) is 12.7 Å². The molecule has 4 nitrogen and oxygen atoms in total. The molecule has 0 bridgehead atoms. The predicted octanol–water partition coefficient (Wildman–Crippen LogP) is 0.409. The molecule has 2 heterocycles. The number of fused-ring (bicyclic) bond motifs is 1.